The van der Waals surface area contributed by atoms with Gasteiger partial charge in [0.1, 0.15) is 5.41 Å². The van der Waals surface area contributed by atoms with Crippen LogP contribution in [0.4, 0.5) is 5.00 Å². The summed E-state index contributed by atoms with van der Waals surface area (Å²) in [6, 6.07) is 5.97. The Balaban J connectivity index is 2.18. The van der Waals surface area contributed by atoms with Gasteiger partial charge in [0.25, 0.3) is 0 Å². The maximum absolute atomic E-state index is 12.1. The molecule has 0 N–H and O–H groups in total. The molecule has 0 bridgehead atoms. The van der Waals surface area contributed by atoms with Gasteiger partial charge in [0, 0.05) is 7.05 Å². The van der Waals surface area contributed by atoms with Crippen molar-refractivity contribution in [3.05, 3.63) is 17.5 Å². The number of anilines is 1. The van der Waals surface area contributed by atoms with Crippen molar-refractivity contribution in [1.82, 2.24) is 0 Å². The minimum Gasteiger partial charge on any atom is -0.306 e. The fraction of sp³-hybridized carbons (Fsp3) is 0.455. The Morgan fingerprint density at radius 2 is 2.40 bits per heavy atom. The predicted molar refractivity (Wildman–Crippen MR) is 59.6 cm³/mol. The van der Waals surface area contributed by atoms with E-state index >= 15 is 0 Å². The summed E-state index contributed by atoms with van der Waals surface area (Å²) in [5, 5.41) is 11.9. The number of nitriles is 1. The molecular weight excluding hydrogens is 208 g/mol. The van der Waals surface area contributed by atoms with Crippen LogP contribution >= 0.6 is 11.3 Å². The lowest BCUT2D eigenvalue weighted by Crippen LogP contribution is -2.45. The number of thiophene rings is 1. The second kappa shape index (κ2) is 3.67. The Morgan fingerprint density at radius 1 is 1.67 bits per heavy atom. The topological polar surface area (TPSA) is 44.1 Å². The number of nitrogens with zero attached hydrogens (tertiary/aromatic N) is 2. The van der Waals surface area contributed by atoms with Crippen LogP contribution in [0.1, 0.15) is 19.3 Å². The van der Waals surface area contributed by atoms with Gasteiger partial charge in [0.05, 0.1) is 11.1 Å². The molecule has 1 saturated carbocycles. The van der Waals surface area contributed by atoms with Crippen molar-refractivity contribution in [2.45, 2.75) is 19.3 Å². The molecule has 0 aromatic carbocycles. The largest absolute Gasteiger partial charge is 0.306 e. The highest BCUT2D eigenvalue weighted by molar-refractivity contribution is 7.14. The van der Waals surface area contributed by atoms with Crippen LogP contribution in [-0.4, -0.2) is 13.0 Å². The number of amides is 1. The minimum absolute atomic E-state index is 0.0568. The Morgan fingerprint density at radius 3 is 2.80 bits per heavy atom. The van der Waals surface area contributed by atoms with Crippen molar-refractivity contribution in [2.24, 2.45) is 5.41 Å². The van der Waals surface area contributed by atoms with Crippen LogP contribution in [0.25, 0.3) is 0 Å². The van der Waals surface area contributed by atoms with Gasteiger partial charge >= 0.3 is 0 Å². The summed E-state index contributed by atoms with van der Waals surface area (Å²) >= 11 is 1.52. The number of hydrogen-bond acceptors (Lipinski definition) is 3. The highest BCUT2D eigenvalue weighted by Crippen LogP contribution is 2.42. The monoisotopic (exact) mass is 220 g/mol. The molecule has 1 aliphatic rings. The lowest BCUT2D eigenvalue weighted by Gasteiger charge is -2.36. The quantitative estimate of drug-likeness (QED) is 0.768. The zero-order valence-corrected chi connectivity index (χ0v) is 9.38. The molecule has 4 heteroatoms. The van der Waals surface area contributed by atoms with Crippen LogP contribution in [-0.2, 0) is 4.79 Å². The van der Waals surface area contributed by atoms with Crippen molar-refractivity contribution < 1.29 is 4.79 Å². The van der Waals surface area contributed by atoms with E-state index < -0.39 is 5.41 Å². The second-order valence-corrected chi connectivity index (χ2v) is 4.79. The number of rotatable bonds is 2. The third kappa shape index (κ3) is 1.53. The molecule has 1 fully saturated rings. The summed E-state index contributed by atoms with van der Waals surface area (Å²) in [5.74, 6) is -0.0568. The zero-order valence-electron chi connectivity index (χ0n) is 8.56. The molecule has 1 aliphatic carbocycles. The van der Waals surface area contributed by atoms with E-state index in [0.29, 0.717) is 12.8 Å². The third-order valence-corrected chi connectivity index (χ3v) is 3.92. The van der Waals surface area contributed by atoms with Crippen molar-refractivity contribution in [3.8, 4) is 6.07 Å². The minimum atomic E-state index is -0.737. The highest BCUT2D eigenvalue weighted by atomic mass is 32.1. The molecule has 0 atom stereocenters. The van der Waals surface area contributed by atoms with E-state index in [1.54, 1.807) is 11.9 Å². The van der Waals surface area contributed by atoms with E-state index in [-0.39, 0.29) is 5.91 Å². The first-order valence-electron chi connectivity index (χ1n) is 4.92. The molecule has 15 heavy (non-hydrogen) atoms. The van der Waals surface area contributed by atoms with Crippen molar-refractivity contribution >= 4 is 22.2 Å². The smallest absolute Gasteiger partial charge is 0.247 e. The fourth-order valence-corrected chi connectivity index (χ4v) is 2.48. The van der Waals surface area contributed by atoms with E-state index in [1.807, 2.05) is 17.5 Å². The first kappa shape index (κ1) is 10.2. The lowest BCUT2D eigenvalue weighted by molar-refractivity contribution is -0.128. The Kier molecular flexibility index (Phi) is 2.49. The first-order chi connectivity index (χ1) is 7.19. The van der Waals surface area contributed by atoms with Crippen molar-refractivity contribution in [3.63, 3.8) is 0 Å². The summed E-state index contributed by atoms with van der Waals surface area (Å²) in [6.07, 6.45) is 2.40. The maximum atomic E-state index is 12.1. The zero-order chi connectivity index (χ0) is 10.9. The van der Waals surface area contributed by atoms with Gasteiger partial charge in [-0.05, 0) is 36.8 Å². The lowest BCUT2D eigenvalue weighted by atomic mass is 9.69. The van der Waals surface area contributed by atoms with Crippen molar-refractivity contribution in [2.75, 3.05) is 11.9 Å². The fourth-order valence-electron chi connectivity index (χ4n) is 1.79. The normalized spacial score (nSPS) is 17.6. The third-order valence-electron chi connectivity index (χ3n) is 2.97. The molecule has 1 amide bonds. The van der Waals surface area contributed by atoms with Gasteiger partial charge in [-0.15, -0.1) is 11.3 Å². The predicted octanol–water partition coefficient (Wildman–Crippen LogP) is 2.40. The molecule has 0 radical (unpaired) electrons. The van der Waals surface area contributed by atoms with Gasteiger partial charge in [-0.1, -0.05) is 0 Å². The van der Waals surface area contributed by atoms with E-state index in [9.17, 15) is 4.79 Å². The van der Waals surface area contributed by atoms with Crippen LogP contribution in [0.5, 0.6) is 0 Å². The standard InChI is InChI=1S/C11H12N2OS/c1-13(9-4-2-7-15-9)10(14)11(8-12)5-3-6-11/h2,4,7H,3,5-6H2,1H3. The number of hydrogen-bond donors (Lipinski definition) is 0. The maximum Gasteiger partial charge on any atom is 0.247 e. The number of carbonyl (C=O) groups is 1. The average Bonchev–Trinajstić information content (AvgIpc) is 2.68. The van der Waals surface area contributed by atoms with Gasteiger partial charge in [-0.2, -0.15) is 5.26 Å². The summed E-state index contributed by atoms with van der Waals surface area (Å²) < 4.78 is 0. The SMILES string of the molecule is CN(C(=O)C1(C#N)CCC1)c1cccs1. The molecule has 0 saturated heterocycles. The summed E-state index contributed by atoms with van der Waals surface area (Å²) in [5.41, 5.74) is -0.737. The highest BCUT2D eigenvalue weighted by Gasteiger charge is 2.46. The molecule has 0 spiro atoms. The Hall–Kier alpha value is -1.34. The summed E-state index contributed by atoms with van der Waals surface area (Å²) in [7, 11) is 1.74. The van der Waals surface area contributed by atoms with Gasteiger partial charge in [-0.25, -0.2) is 0 Å². The number of carbonyl (C=O) groups excluding carboxylic acids is 1. The second-order valence-electron chi connectivity index (χ2n) is 3.86. The van der Waals surface area contributed by atoms with Crippen LogP contribution in [0.15, 0.2) is 17.5 Å². The van der Waals surface area contributed by atoms with Crippen molar-refractivity contribution in [1.29, 1.82) is 5.26 Å². The van der Waals surface area contributed by atoms with Gasteiger partial charge in [0.15, 0.2) is 0 Å². The molecule has 0 aliphatic heterocycles. The van der Waals surface area contributed by atoms with Gasteiger partial charge in [-0.3, -0.25) is 4.79 Å². The van der Waals surface area contributed by atoms with E-state index in [0.717, 1.165) is 11.4 Å². The molecule has 0 unspecified atom stereocenters. The van der Waals surface area contributed by atoms with Gasteiger partial charge < -0.3 is 4.90 Å². The molecule has 3 nitrogen and oxygen atoms in total. The Labute approximate surface area is 92.9 Å². The van der Waals surface area contributed by atoms with Gasteiger partial charge in [0.2, 0.25) is 5.91 Å². The summed E-state index contributed by atoms with van der Waals surface area (Å²) in [4.78, 5) is 13.7. The van der Waals surface area contributed by atoms with Crippen LogP contribution in [0, 0.1) is 16.7 Å². The summed E-state index contributed by atoms with van der Waals surface area (Å²) in [6.45, 7) is 0. The molecule has 2 rings (SSSR count). The molecule has 1 aromatic heterocycles. The van der Waals surface area contributed by atoms with E-state index in [4.69, 9.17) is 5.26 Å². The van der Waals surface area contributed by atoms with Crippen LogP contribution < -0.4 is 4.90 Å². The molecule has 78 valence electrons. The first-order valence-corrected chi connectivity index (χ1v) is 5.80. The molecule has 1 aromatic rings. The Bertz CT molecular complexity index is 401. The van der Waals surface area contributed by atoms with E-state index in [1.165, 1.54) is 11.3 Å². The molecular formula is C11H12N2OS. The van der Waals surface area contributed by atoms with Crippen LogP contribution in [0.3, 0.4) is 0 Å². The average molecular weight is 220 g/mol. The van der Waals surface area contributed by atoms with E-state index in [2.05, 4.69) is 6.07 Å². The molecule has 1 heterocycles. The van der Waals surface area contributed by atoms with Crippen LogP contribution in [0.2, 0.25) is 0 Å².